The molecule has 1 heterocycles. The fourth-order valence-electron chi connectivity index (χ4n) is 2.20. The Balaban J connectivity index is 1.67. The zero-order valence-electron chi connectivity index (χ0n) is 12.5. The molecule has 1 unspecified atom stereocenters. The molecule has 0 radical (unpaired) electrons. The van der Waals surface area contributed by atoms with Crippen LogP contribution in [0.3, 0.4) is 0 Å². The number of amides is 2. The Kier molecular flexibility index (Phi) is 4.14. The average molecular weight is 312 g/mol. The highest BCUT2D eigenvalue weighted by Crippen LogP contribution is 2.36. The van der Waals surface area contributed by atoms with Crippen molar-refractivity contribution in [3.05, 3.63) is 54.1 Å². The molecule has 2 aromatic carbocycles. The first-order valence-corrected chi connectivity index (χ1v) is 7.22. The largest absolute Gasteiger partial charge is 0.479 e. The lowest BCUT2D eigenvalue weighted by Crippen LogP contribution is -2.34. The molecule has 0 saturated heterocycles. The van der Waals surface area contributed by atoms with Crippen molar-refractivity contribution in [2.75, 3.05) is 10.6 Å². The molecule has 0 spiro atoms. The van der Waals surface area contributed by atoms with Crippen LogP contribution in [-0.4, -0.2) is 18.1 Å². The van der Waals surface area contributed by atoms with Gasteiger partial charge in [0.25, 0.3) is 5.91 Å². The zero-order chi connectivity index (χ0) is 16.2. The number of nitrogens with one attached hydrogen (secondary N) is 2. The summed E-state index contributed by atoms with van der Waals surface area (Å²) in [6.07, 6.45) is -1.17. The van der Waals surface area contributed by atoms with E-state index in [0.29, 0.717) is 17.1 Å². The highest BCUT2D eigenvalue weighted by molar-refractivity contribution is 6.03. The minimum atomic E-state index is -0.602. The second-order valence-electron chi connectivity index (χ2n) is 5.11. The normalized spacial score (nSPS) is 15.9. The van der Waals surface area contributed by atoms with Gasteiger partial charge in [-0.3, -0.25) is 10.1 Å². The molecule has 1 atom stereocenters. The van der Waals surface area contributed by atoms with Crippen LogP contribution in [0, 0.1) is 0 Å². The third kappa shape index (κ3) is 3.42. The molecular formula is C17H16N2O4. The molecule has 0 saturated carbocycles. The van der Waals surface area contributed by atoms with Gasteiger partial charge in [0, 0.05) is 0 Å². The number of anilines is 2. The Morgan fingerprint density at radius 3 is 2.78 bits per heavy atom. The lowest BCUT2D eigenvalue weighted by molar-refractivity contribution is -0.122. The third-order valence-electron chi connectivity index (χ3n) is 3.40. The predicted octanol–water partition coefficient (Wildman–Crippen LogP) is 3.15. The van der Waals surface area contributed by atoms with Gasteiger partial charge in [-0.15, -0.1) is 0 Å². The van der Waals surface area contributed by atoms with E-state index in [1.807, 2.05) is 30.3 Å². The molecule has 0 fully saturated rings. The summed E-state index contributed by atoms with van der Waals surface area (Å²) in [6.45, 7) is 1.83. The van der Waals surface area contributed by atoms with Crippen LogP contribution < -0.4 is 15.4 Å². The van der Waals surface area contributed by atoms with Gasteiger partial charge in [-0.25, -0.2) is 4.79 Å². The van der Waals surface area contributed by atoms with Gasteiger partial charge in [0.1, 0.15) is 18.0 Å². The van der Waals surface area contributed by atoms with Crippen LogP contribution in [0.5, 0.6) is 5.75 Å². The number of rotatable bonds is 3. The summed E-state index contributed by atoms with van der Waals surface area (Å²) >= 11 is 0. The van der Waals surface area contributed by atoms with E-state index >= 15 is 0 Å². The average Bonchev–Trinajstić information content (AvgIpc) is 2.56. The lowest BCUT2D eigenvalue weighted by Gasteiger charge is -2.25. The molecule has 23 heavy (non-hydrogen) atoms. The summed E-state index contributed by atoms with van der Waals surface area (Å²) in [5, 5.41) is 5.34. The van der Waals surface area contributed by atoms with Gasteiger partial charge in [0.15, 0.2) is 6.10 Å². The minimum absolute atomic E-state index is 0.168. The number of hydrogen-bond donors (Lipinski definition) is 2. The second kappa shape index (κ2) is 6.39. The van der Waals surface area contributed by atoms with E-state index in [-0.39, 0.29) is 12.5 Å². The molecule has 0 aromatic heterocycles. The van der Waals surface area contributed by atoms with Crippen molar-refractivity contribution >= 4 is 23.4 Å². The van der Waals surface area contributed by atoms with Gasteiger partial charge in [-0.05, 0) is 24.6 Å². The molecule has 3 rings (SSSR count). The second-order valence-corrected chi connectivity index (χ2v) is 5.11. The molecule has 0 aliphatic carbocycles. The van der Waals surface area contributed by atoms with Crippen molar-refractivity contribution < 1.29 is 19.1 Å². The van der Waals surface area contributed by atoms with E-state index in [2.05, 4.69) is 10.6 Å². The van der Waals surface area contributed by atoms with Gasteiger partial charge in [-0.2, -0.15) is 0 Å². The highest BCUT2D eigenvalue weighted by Gasteiger charge is 2.26. The van der Waals surface area contributed by atoms with Crippen LogP contribution in [0.25, 0.3) is 0 Å². The summed E-state index contributed by atoms with van der Waals surface area (Å²) in [5.74, 6) is 0.252. The van der Waals surface area contributed by atoms with E-state index in [1.165, 1.54) is 0 Å². The highest BCUT2D eigenvalue weighted by atomic mass is 16.5. The van der Waals surface area contributed by atoms with Crippen LogP contribution in [0.15, 0.2) is 48.5 Å². The maximum absolute atomic E-state index is 11.9. The van der Waals surface area contributed by atoms with Crippen molar-refractivity contribution in [3.8, 4) is 5.75 Å². The van der Waals surface area contributed by atoms with Crippen molar-refractivity contribution in [2.24, 2.45) is 0 Å². The van der Waals surface area contributed by atoms with Crippen LogP contribution in [0.4, 0.5) is 16.2 Å². The van der Waals surface area contributed by atoms with E-state index in [4.69, 9.17) is 9.47 Å². The van der Waals surface area contributed by atoms with Crippen molar-refractivity contribution in [1.29, 1.82) is 0 Å². The summed E-state index contributed by atoms with van der Waals surface area (Å²) in [6, 6.07) is 14.5. The number of carbonyl (C=O) groups excluding carboxylic acids is 2. The van der Waals surface area contributed by atoms with Crippen molar-refractivity contribution in [1.82, 2.24) is 0 Å². The Bertz CT molecular complexity index is 731. The summed E-state index contributed by atoms with van der Waals surface area (Å²) in [7, 11) is 0. The molecule has 6 heteroatoms. The van der Waals surface area contributed by atoms with Crippen LogP contribution in [0.2, 0.25) is 0 Å². The molecule has 2 aromatic rings. The van der Waals surface area contributed by atoms with Gasteiger partial charge in [0.2, 0.25) is 0 Å². The lowest BCUT2D eigenvalue weighted by atomic mass is 10.2. The molecule has 118 valence electrons. The Hall–Kier alpha value is -3.02. The first-order chi connectivity index (χ1) is 11.1. The number of hydrogen-bond acceptors (Lipinski definition) is 4. The smallest absolute Gasteiger partial charge is 0.412 e. The van der Waals surface area contributed by atoms with E-state index in [9.17, 15) is 9.59 Å². The minimum Gasteiger partial charge on any atom is -0.479 e. The van der Waals surface area contributed by atoms with Gasteiger partial charge in [0.05, 0.1) is 5.69 Å². The van der Waals surface area contributed by atoms with E-state index in [1.54, 1.807) is 25.1 Å². The molecule has 6 nitrogen and oxygen atoms in total. The Morgan fingerprint density at radius 1 is 1.22 bits per heavy atom. The quantitative estimate of drug-likeness (QED) is 0.912. The summed E-state index contributed by atoms with van der Waals surface area (Å²) in [5.41, 5.74) is 1.76. The van der Waals surface area contributed by atoms with Crippen LogP contribution >= 0.6 is 0 Å². The zero-order valence-corrected chi connectivity index (χ0v) is 12.5. The first kappa shape index (κ1) is 14.9. The number of fused-ring (bicyclic) bond motifs is 1. The SMILES string of the molecule is CC1Oc2cccc(NC(=O)OCc3ccccc3)c2NC1=O. The molecule has 1 aliphatic rings. The molecular weight excluding hydrogens is 296 g/mol. The van der Waals surface area contributed by atoms with E-state index < -0.39 is 12.2 Å². The maximum Gasteiger partial charge on any atom is 0.412 e. The van der Waals surface area contributed by atoms with Gasteiger partial charge >= 0.3 is 6.09 Å². The fourth-order valence-corrected chi connectivity index (χ4v) is 2.20. The third-order valence-corrected chi connectivity index (χ3v) is 3.40. The van der Waals surface area contributed by atoms with Crippen LogP contribution in [0.1, 0.15) is 12.5 Å². The Labute approximate surface area is 133 Å². The van der Waals surface area contributed by atoms with Gasteiger partial charge in [-0.1, -0.05) is 36.4 Å². The monoisotopic (exact) mass is 312 g/mol. The van der Waals surface area contributed by atoms with Crippen molar-refractivity contribution in [3.63, 3.8) is 0 Å². The van der Waals surface area contributed by atoms with Gasteiger partial charge < -0.3 is 14.8 Å². The summed E-state index contributed by atoms with van der Waals surface area (Å²) in [4.78, 5) is 23.7. The van der Waals surface area contributed by atoms with Crippen molar-refractivity contribution in [2.45, 2.75) is 19.6 Å². The summed E-state index contributed by atoms with van der Waals surface area (Å²) < 4.78 is 10.7. The molecule has 2 N–H and O–H groups in total. The maximum atomic E-state index is 11.9. The number of benzene rings is 2. The standard InChI is InChI=1S/C17H16N2O4/c1-11-16(20)19-15-13(8-5-9-14(15)23-11)18-17(21)22-10-12-6-3-2-4-7-12/h2-9,11H,10H2,1H3,(H,18,21)(H,19,20). The fraction of sp³-hybridized carbons (Fsp3) is 0.176. The number of carbonyl (C=O) groups is 2. The molecule has 0 bridgehead atoms. The first-order valence-electron chi connectivity index (χ1n) is 7.22. The predicted molar refractivity (Wildman–Crippen MR) is 85.4 cm³/mol. The molecule has 2 amide bonds. The van der Waals surface area contributed by atoms with Crippen LogP contribution in [-0.2, 0) is 16.1 Å². The topological polar surface area (TPSA) is 76.7 Å². The molecule has 1 aliphatic heterocycles. The number of ether oxygens (including phenoxy) is 2. The van der Waals surface area contributed by atoms with E-state index in [0.717, 1.165) is 5.56 Å². The Morgan fingerprint density at radius 2 is 2.00 bits per heavy atom. The number of para-hydroxylation sites is 1.